The van der Waals surface area contributed by atoms with Gasteiger partial charge in [-0.25, -0.2) is 4.39 Å². The van der Waals surface area contributed by atoms with E-state index in [9.17, 15) is 23.6 Å². The molecule has 2 fully saturated rings. The zero-order valence-corrected chi connectivity index (χ0v) is 21.6. The second-order valence-electron chi connectivity index (χ2n) is 10.5. The number of ether oxygens (including phenoxy) is 1. The average molecular weight is 536 g/mol. The smallest absolute Gasteiger partial charge is 0.268 e. The van der Waals surface area contributed by atoms with Gasteiger partial charge >= 0.3 is 0 Å². The van der Waals surface area contributed by atoms with Crippen LogP contribution in [-0.4, -0.2) is 53.3 Å². The van der Waals surface area contributed by atoms with Crippen LogP contribution < -0.4 is 26.4 Å². The highest BCUT2D eigenvalue weighted by molar-refractivity contribution is 6.31. The van der Waals surface area contributed by atoms with Gasteiger partial charge in [0.2, 0.25) is 17.7 Å². The Labute approximate surface area is 218 Å². The minimum atomic E-state index is -1.08. The van der Waals surface area contributed by atoms with Crippen molar-refractivity contribution >= 4 is 46.1 Å². The number of methoxy groups -OCH3 is 1. The molecule has 2 aliphatic rings. The van der Waals surface area contributed by atoms with Crippen molar-refractivity contribution in [3.05, 3.63) is 28.7 Å². The van der Waals surface area contributed by atoms with E-state index in [0.29, 0.717) is 18.2 Å². The predicted octanol–water partition coefficient (Wildman–Crippen LogP) is 2.14. The zero-order valence-electron chi connectivity index (χ0n) is 20.9. The van der Waals surface area contributed by atoms with Crippen LogP contribution in [0.25, 0.3) is 10.9 Å². The first-order chi connectivity index (χ1) is 17.4. The molecule has 1 aromatic carbocycles. The summed E-state index contributed by atoms with van der Waals surface area (Å²) < 4.78 is 19.8. The Morgan fingerprint density at radius 2 is 1.92 bits per heavy atom. The van der Waals surface area contributed by atoms with E-state index in [0.717, 1.165) is 12.8 Å². The number of fused-ring (bicyclic) bond motifs is 1. The molecule has 4 rings (SSSR count). The van der Waals surface area contributed by atoms with Crippen molar-refractivity contribution in [3.63, 3.8) is 0 Å². The Morgan fingerprint density at radius 1 is 1.22 bits per heavy atom. The highest BCUT2D eigenvalue weighted by Gasteiger charge is 2.40. The normalized spacial score (nSPS) is 20.2. The molecule has 0 bridgehead atoms. The van der Waals surface area contributed by atoms with Crippen LogP contribution in [0.2, 0.25) is 5.02 Å². The lowest BCUT2D eigenvalue weighted by atomic mass is 9.91. The summed E-state index contributed by atoms with van der Waals surface area (Å²) in [5.41, 5.74) is 5.15. The molecule has 3 unspecified atom stereocenters. The molecule has 1 saturated heterocycles. The molecule has 1 saturated carbocycles. The molecule has 2 heterocycles. The standard InChI is InChI=1S/C25H31ClFN5O5/c1-25(2)10-12(22(34)32-25)7-15(21(28)33)30-23(35)16(6-11-4-5-11)31-24(36)17-8-13-18(37-3)9-14(26)19(27)20(13)29-17/h8-9,11-12,15-16,29H,4-7,10H2,1-3H3,(H2,28,33)(H,30,35)(H,31,36)(H,32,34). The fraction of sp³-hybridized carbons (Fsp3) is 0.520. The summed E-state index contributed by atoms with van der Waals surface area (Å²) in [5, 5.41) is 8.33. The molecule has 2 aromatic rings. The Morgan fingerprint density at radius 3 is 2.49 bits per heavy atom. The minimum Gasteiger partial charge on any atom is -0.496 e. The highest BCUT2D eigenvalue weighted by Crippen LogP contribution is 2.35. The maximum absolute atomic E-state index is 14.5. The monoisotopic (exact) mass is 535 g/mol. The van der Waals surface area contributed by atoms with Gasteiger partial charge in [0.15, 0.2) is 5.82 Å². The number of primary amides is 1. The van der Waals surface area contributed by atoms with E-state index < -0.39 is 47.1 Å². The topological polar surface area (TPSA) is 155 Å². The maximum Gasteiger partial charge on any atom is 0.268 e. The molecule has 1 aromatic heterocycles. The van der Waals surface area contributed by atoms with Crippen molar-refractivity contribution < 1.29 is 28.3 Å². The number of benzene rings is 1. The fourth-order valence-corrected chi connectivity index (χ4v) is 5.03. The van der Waals surface area contributed by atoms with E-state index in [-0.39, 0.29) is 40.2 Å². The number of H-pyrrole nitrogens is 1. The van der Waals surface area contributed by atoms with E-state index in [1.165, 1.54) is 19.2 Å². The molecule has 37 heavy (non-hydrogen) atoms. The molecule has 1 aliphatic heterocycles. The Bertz CT molecular complexity index is 1260. The first-order valence-electron chi connectivity index (χ1n) is 12.2. The number of aromatic amines is 1. The third-order valence-electron chi connectivity index (χ3n) is 6.89. The van der Waals surface area contributed by atoms with Gasteiger partial charge in [0.05, 0.1) is 17.6 Å². The van der Waals surface area contributed by atoms with Crippen LogP contribution in [0, 0.1) is 17.7 Å². The molecular formula is C25H31ClFN5O5. The zero-order chi connectivity index (χ0) is 27.1. The van der Waals surface area contributed by atoms with E-state index >= 15 is 0 Å². The molecule has 0 spiro atoms. The van der Waals surface area contributed by atoms with Crippen molar-refractivity contribution in [2.24, 2.45) is 17.6 Å². The van der Waals surface area contributed by atoms with Gasteiger partial charge in [-0.1, -0.05) is 24.4 Å². The number of rotatable bonds is 10. The molecule has 12 heteroatoms. The quantitative estimate of drug-likeness (QED) is 0.315. The number of aromatic nitrogens is 1. The number of hydrogen-bond acceptors (Lipinski definition) is 5. The molecule has 3 atom stereocenters. The number of amides is 4. The molecule has 1 aliphatic carbocycles. The van der Waals surface area contributed by atoms with Gasteiger partial charge in [0, 0.05) is 22.9 Å². The van der Waals surface area contributed by atoms with Crippen LogP contribution in [0.5, 0.6) is 5.75 Å². The number of carbonyl (C=O) groups is 4. The van der Waals surface area contributed by atoms with Gasteiger partial charge in [0.1, 0.15) is 23.5 Å². The lowest BCUT2D eigenvalue weighted by Gasteiger charge is -2.23. The lowest BCUT2D eigenvalue weighted by molar-refractivity contribution is -0.130. The average Bonchev–Trinajstić information content (AvgIpc) is 3.45. The van der Waals surface area contributed by atoms with Crippen molar-refractivity contribution in [3.8, 4) is 5.75 Å². The van der Waals surface area contributed by atoms with E-state index in [1.54, 1.807) is 0 Å². The summed E-state index contributed by atoms with van der Waals surface area (Å²) >= 11 is 5.92. The number of hydrogen-bond donors (Lipinski definition) is 5. The third kappa shape index (κ3) is 5.98. The SMILES string of the molecule is COc1cc(Cl)c(F)c2[nH]c(C(=O)NC(CC3CC3)C(=O)NC(CC3CC(C)(C)NC3=O)C(N)=O)cc12. The number of carbonyl (C=O) groups excluding carboxylic acids is 4. The van der Waals surface area contributed by atoms with Gasteiger partial charge in [0.25, 0.3) is 5.91 Å². The second kappa shape index (κ2) is 10.2. The molecular weight excluding hydrogens is 505 g/mol. The summed E-state index contributed by atoms with van der Waals surface area (Å²) in [6.07, 6.45) is 2.76. The van der Waals surface area contributed by atoms with Gasteiger partial charge in [-0.3, -0.25) is 19.2 Å². The Hall–Kier alpha value is -3.34. The summed E-state index contributed by atoms with van der Waals surface area (Å²) in [4.78, 5) is 53.4. The summed E-state index contributed by atoms with van der Waals surface area (Å²) in [7, 11) is 1.40. The molecule has 200 valence electrons. The molecule has 10 nitrogen and oxygen atoms in total. The van der Waals surface area contributed by atoms with E-state index in [2.05, 4.69) is 20.9 Å². The van der Waals surface area contributed by atoms with Crippen LogP contribution in [0.3, 0.4) is 0 Å². The maximum atomic E-state index is 14.5. The predicted molar refractivity (Wildman–Crippen MR) is 134 cm³/mol. The largest absolute Gasteiger partial charge is 0.496 e. The van der Waals surface area contributed by atoms with Crippen LogP contribution in [0.15, 0.2) is 12.1 Å². The van der Waals surface area contributed by atoms with Crippen molar-refractivity contribution in [2.45, 2.75) is 63.6 Å². The first kappa shape index (κ1) is 26.7. The number of nitrogens with two attached hydrogens (primary N) is 1. The fourth-order valence-electron chi connectivity index (χ4n) is 4.83. The van der Waals surface area contributed by atoms with Crippen molar-refractivity contribution in [2.75, 3.05) is 7.11 Å². The first-order valence-corrected chi connectivity index (χ1v) is 12.5. The van der Waals surface area contributed by atoms with Crippen molar-refractivity contribution in [1.82, 2.24) is 20.9 Å². The minimum absolute atomic E-state index is 0.00394. The number of nitrogens with one attached hydrogen (secondary N) is 4. The highest BCUT2D eigenvalue weighted by atomic mass is 35.5. The Balaban J connectivity index is 1.50. The van der Waals surface area contributed by atoms with E-state index in [4.69, 9.17) is 22.1 Å². The van der Waals surface area contributed by atoms with Gasteiger partial charge in [-0.15, -0.1) is 0 Å². The molecule has 0 radical (unpaired) electrons. The van der Waals surface area contributed by atoms with Gasteiger partial charge < -0.3 is 31.4 Å². The van der Waals surface area contributed by atoms with Crippen LogP contribution >= 0.6 is 11.6 Å². The van der Waals surface area contributed by atoms with Gasteiger partial charge in [-0.2, -0.15) is 0 Å². The molecule has 6 N–H and O–H groups in total. The van der Waals surface area contributed by atoms with Crippen LogP contribution in [0.1, 0.15) is 56.4 Å². The lowest BCUT2D eigenvalue weighted by Crippen LogP contribution is -2.53. The van der Waals surface area contributed by atoms with Gasteiger partial charge in [-0.05, 0) is 45.1 Å². The summed E-state index contributed by atoms with van der Waals surface area (Å²) in [5.74, 6) is -2.85. The van der Waals surface area contributed by atoms with Crippen LogP contribution in [-0.2, 0) is 14.4 Å². The van der Waals surface area contributed by atoms with Crippen LogP contribution in [0.4, 0.5) is 4.39 Å². The summed E-state index contributed by atoms with van der Waals surface area (Å²) in [6.45, 7) is 3.76. The molecule has 4 amide bonds. The number of halogens is 2. The van der Waals surface area contributed by atoms with E-state index in [1.807, 2.05) is 13.8 Å². The summed E-state index contributed by atoms with van der Waals surface area (Å²) in [6, 6.07) is 0.692. The third-order valence-corrected chi connectivity index (χ3v) is 7.17. The van der Waals surface area contributed by atoms with Crippen molar-refractivity contribution in [1.29, 1.82) is 0 Å². The Kier molecular flexibility index (Phi) is 7.36. The second-order valence-corrected chi connectivity index (χ2v) is 10.9.